The van der Waals surface area contributed by atoms with Gasteiger partial charge in [-0.25, -0.2) is 4.68 Å². The summed E-state index contributed by atoms with van der Waals surface area (Å²) in [6, 6.07) is 15.1. The van der Waals surface area contributed by atoms with Crippen LogP contribution in [0.4, 0.5) is 5.69 Å². The molecule has 2 aromatic heterocycles. The van der Waals surface area contributed by atoms with Crippen molar-refractivity contribution in [2.75, 3.05) is 11.7 Å². The fourth-order valence-corrected chi connectivity index (χ4v) is 4.16. The number of carbonyl (C=O) groups is 2. The van der Waals surface area contributed by atoms with Crippen LogP contribution in [0.3, 0.4) is 0 Å². The van der Waals surface area contributed by atoms with Gasteiger partial charge in [0.2, 0.25) is 18.6 Å². The minimum atomic E-state index is -0.998. The molecule has 0 aliphatic carbocycles. The zero-order chi connectivity index (χ0) is 26.0. The SMILES string of the molecule is CCC(C)(C)NC(=O)[C@H](c1cccnc1)N(C(=O)Cn1nnc2ccccc21)c1ccc2c(c1)OCO2. The number of hydrogen-bond donors (Lipinski definition) is 1. The van der Waals surface area contributed by atoms with E-state index in [0.717, 1.165) is 5.52 Å². The van der Waals surface area contributed by atoms with Gasteiger partial charge in [0.1, 0.15) is 18.1 Å². The van der Waals surface area contributed by atoms with E-state index in [1.165, 1.54) is 9.58 Å². The summed E-state index contributed by atoms with van der Waals surface area (Å²) in [5.41, 5.74) is 1.97. The Morgan fingerprint density at radius 2 is 1.92 bits per heavy atom. The van der Waals surface area contributed by atoms with Gasteiger partial charge in [0.05, 0.1) is 5.52 Å². The number of ether oxygens (including phenoxy) is 2. The summed E-state index contributed by atoms with van der Waals surface area (Å²) in [4.78, 5) is 33.6. The molecule has 0 unspecified atom stereocenters. The second-order valence-electron chi connectivity index (χ2n) is 9.45. The van der Waals surface area contributed by atoms with Crippen LogP contribution in [0.25, 0.3) is 11.0 Å². The quantitative estimate of drug-likeness (QED) is 0.393. The lowest BCUT2D eigenvalue weighted by atomic mass is 9.99. The van der Waals surface area contributed by atoms with Gasteiger partial charge in [-0.1, -0.05) is 30.3 Å². The highest BCUT2D eigenvalue weighted by Crippen LogP contribution is 2.38. The van der Waals surface area contributed by atoms with E-state index >= 15 is 0 Å². The number of aromatic nitrogens is 4. The Kier molecular flexibility index (Phi) is 6.47. The Balaban J connectivity index is 1.60. The first-order valence-corrected chi connectivity index (χ1v) is 12.1. The number of anilines is 1. The van der Waals surface area contributed by atoms with Crippen LogP contribution in [0.2, 0.25) is 0 Å². The maximum atomic E-state index is 14.1. The molecule has 0 fully saturated rings. The Morgan fingerprint density at radius 3 is 2.70 bits per heavy atom. The first-order valence-electron chi connectivity index (χ1n) is 12.1. The molecule has 0 saturated carbocycles. The molecule has 0 saturated heterocycles. The van der Waals surface area contributed by atoms with Gasteiger partial charge >= 0.3 is 0 Å². The van der Waals surface area contributed by atoms with E-state index in [1.54, 1.807) is 42.7 Å². The Morgan fingerprint density at radius 1 is 1.11 bits per heavy atom. The van der Waals surface area contributed by atoms with Crippen molar-refractivity contribution in [3.8, 4) is 11.5 Å². The van der Waals surface area contributed by atoms with Gasteiger partial charge in [-0.3, -0.25) is 19.5 Å². The summed E-state index contributed by atoms with van der Waals surface area (Å²) < 4.78 is 12.6. The van der Waals surface area contributed by atoms with Gasteiger partial charge in [-0.15, -0.1) is 5.10 Å². The Bertz CT molecular complexity index is 1440. The fourth-order valence-electron chi connectivity index (χ4n) is 4.16. The van der Waals surface area contributed by atoms with Crippen molar-refractivity contribution >= 4 is 28.5 Å². The number of carbonyl (C=O) groups excluding carboxylic acids is 2. The number of amides is 2. The summed E-state index contributed by atoms with van der Waals surface area (Å²) >= 11 is 0. The molecule has 190 valence electrons. The summed E-state index contributed by atoms with van der Waals surface area (Å²) in [5.74, 6) is 0.399. The van der Waals surface area contributed by atoms with Gasteiger partial charge in [0, 0.05) is 35.2 Å². The highest BCUT2D eigenvalue weighted by atomic mass is 16.7. The fraction of sp³-hybridized carbons (Fsp3) is 0.296. The number of pyridine rings is 1. The molecule has 0 bridgehead atoms. The van der Waals surface area contributed by atoms with Gasteiger partial charge in [0.15, 0.2) is 11.5 Å². The van der Waals surface area contributed by atoms with Crippen LogP contribution in [0.15, 0.2) is 67.0 Å². The smallest absolute Gasteiger partial charge is 0.249 e. The molecule has 0 radical (unpaired) electrons. The van der Waals surface area contributed by atoms with E-state index in [9.17, 15) is 9.59 Å². The van der Waals surface area contributed by atoms with Crippen LogP contribution in [0.1, 0.15) is 38.8 Å². The molecule has 1 N–H and O–H groups in total. The molecule has 3 heterocycles. The lowest BCUT2D eigenvalue weighted by Crippen LogP contribution is -2.51. The molecule has 2 amide bonds. The minimum absolute atomic E-state index is 0.0922. The average molecular weight is 501 g/mol. The van der Waals surface area contributed by atoms with Crippen molar-refractivity contribution in [3.63, 3.8) is 0 Å². The normalized spacial score (nSPS) is 13.4. The molecule has 1 aliphatic rings. The molecule has 4 aromatic rings. The summed E-state index contributed by atoms with van der Waals surface area (Å²) in [6.07, 6.45) is 3.94. The van der Waals surface area contributed by atoms with Crippen LogP contribution >= 0.6 is 0 Å². The highest BCUT2D eigenvalue weighted by Gasteiger charge is 2.36. The van der Waals surface area contributed by atoms with Gasteiger partial charge < -0.3 is 14.8 Å². The lowest BCUT2D eigenvalue weighted by Gasteiger charge is -2.34. The number of nitrogens with one attached hydrogen (secondary N) is 1. The predicted molar refractivity (Wildman–Crippen MR) is 137 cm³/mol. The first kappa shape index (κ1) is 24.2. The molecule has 5 rings (SSSR count). The lowest BCUT2D eigenvalue weighted by molar-refractivity contribution is -0.128. The van der Waals surface area contributed by atoms with Crippen molar-refractivity contribution in [2.45, 2.75) is 45.3 Å². The van der Waals surface area contributed by atoms with Crippen LogP contribution in [0, 0.1) is 0 Å². The molecule has 37 heavy (non-hydrogen) atoms. The van der Waals surface area contributed by atoms with Gasteiger partial charge in [0.25, 0.3) is 0 Å². The zero-order valence-corrected chi connectivity index (χ0v) is 20.9. The van der Waals surface area contributed by atoms with Crippen molar-refractivity contribution in [1.82, 2.24) is 25.3 Å². The zero-order valence-electron chi connectivity index (χ0n) is 20.9. The molecule has 2 aromatic carbocycles. The number of hydrogen-bond acceptors (Lipinski definition) is 7. The van der Waals surface area contributed by atoms with Gasteiger partial charge in [-0.2, -0.15) is 0 Å². The third-order valence-electron chi connectivity index (χ3n) is 6.46. The average Bonchev–Trinajstić information content (AvgIpc) is 3.54. The molecular weight excluding hydrogens is 472 g/mol. The number of para-hydroxylation sites is 1. The Labute approximate surface area is 214 Å². The second-order valence-corrected chi connectivity index (χ2v) is 9.45. The van der Waals surface area contributed by atoms with E-state index in [-0.39, 0.29) is 25.2 Å². The third kappa shape index (κ3) is 4.95. The van der Waals surface area contributed by atoms with Crippen molar-refractivity contribution in [3.05, 3.63) is 72.6 Å². The molecule has 0 spiro atoms. The van der Waals surface area contributed by atoms with E-state index in [4.69, 9.17) is 9.47 Å². The summed E-state index contributed by atoms with van der Waals surface area (Å²) in [7, 11) is 0. The van der Waals surface area contributed by atoms with Crippen LogP contribution in [0.5, 0.6) is 11.5 Å². The van der Waals surface area contributed by atoms with Crippen LogP contribution in [-0.2, 0) is 16.1 Å². The van der Waals surface area contributed by atoms with Crippen LogP contribution in [-0.4, -0.2) is 44.1 Å². The maximum absolute atomic E-state index is 14.1. The van der Waals surface area contributed by atoms with Crippen LogP contribution < -0.4 is 19.7 Å². The van der Waals surface area contributed by atoms with Crippen molar-refractivity contribution in [2.24, 2.45) is 0 Å². The standard InChI is InChI=1S/C27H28N6O4/c1-4-27(2,3)29-26(35)25(18-8-7-13-28-15-18)33(19-11-12-22-23(14-19)37-17-36-22)24(34)16-32-21-10-6-5-9-20(21)30-31-32/h5-15,25H,4,16-17H2,1-3H3,(H,29,35)/t25-/m0/s1. The third-order valence-corrected chi connectivity index (χ3v) is 6.46. The maximum Gasteiger partial charge on any atom is 0.249 e. The molecular formula is C27H28N6O4. The predicted octanol–water partition coefficient (Wildman–Crippen LogP) is 3.63. The molecule has 10 nitrogen and oxygen atoms in total. The Hall–Kier alpha value is -4.47. The second kappa shape index (κ2) is 9.88. The van der Waals surface area contributed by atoms with E-state index in [1.807, 2.05) is 45.0 Å². The largest absolute Gasteiger partial charge is 0.454 e. The van der Waals surface area contributed by atoms with E-state index < -0.39 is 11.6 Å². The summed E-state index contributed by atoms with van der Waals surface area (Å²) in [6.45, 7) is 5.85. The topological polar surface area (TPSA) is 111 Å². The molecule has 1 aliphatic heterocycles. The first-order chi connectivity index (χ1) is 17.9. The monoisotopic (exact) mass is 500 g/mol. The summed E-state index contributed by atoms with van der Waals surface area (Å²) in [5, 5.41) is 11.4. The highest BCUT2D eigenvalue weighted by molar-refractivity contribution is 6.02. The number of benzene rings is 2. The number of rotatable bonds is 8. The van der Waals surface area contributed by atoms with Gasteiger partial charge in [-0.05, 0) is 50.6 Å². The minimum Gasteiger partial charge on any atom is -0.454 e. The van der Waals surface area contributed by atoms with Crippen molar-refractivity contribution in [1.29, 1.82) is 0 Å². The van der Waals surface area contributed by atoms with Crippen molar-refractivity contribution < 1.29 is 19.1 Å². The molecule has 10 heteroatoms. The number of fused-ring (bicyclic) bond motifs is 2. The van der Waals surface area contributed by atoms with E-state index in [0.29, 0.717) is 34.7 Å². The number of nitrogens with zero attached hydrogens (tertiary/aromatic N) is 5. The van der Waals surface area contributed by atoms with E-state index in [2.05, 4.69) is 20.6 Å². The molecule has 1 atom stereocenters.